The molecule has 2 nitrogen and oxygen atoms in total. The Morgan fingerprint density at radius 1 is 1.24 bits per heavy atom. The first-order valence-corrected chi connectivity index (χ1v) is 8.10. The van der Waals surface area contributed by atoms with Crippen LogP contribution in [0.3, 0.4) is 0 Å². The van der Waals surface area contributed by atoms with Crippen molar-refractivity contribution in [3.05, 3.63) is 63.6 Å². The van der Waals surface area contributed by atoms with E-state index in [9.17, 15) is 4.79 Å². The predicted molar refractivity (Wildman–Crippen MR) is 89.6 cm³/mol. The van der Waals surface area contributed by atoms with E-state index in [2.05, 4.69) is 40.2 Å². The molecular weight excluding hydrogens is 326 g/mol. The van der Waals surface area contributed by atoms with Crippen molar-refractivity contribution in [2.75, 3.05) is 5.73 Å². The van der Waals surface area contributed by atoms with Crippen LogP contribution in [-0.2, 0) is 6.42 Å². The molecule has 1 aliphatic carbocycles. The van der Waals surface area contributed by atoms with Gasteiger partial charge in [-0.3, -0.25) is 4.79 Å². The maximum absolute atomic E-state index is 12.5. The van der Waals surface area contributed by atoms with E-state index in [0.29, 0.717) is 18.0 Å². The number of benzene rings is 2. The van der Waals surface area contributed by atoms with Crippen LogP contribution in [0.15, 0.2) is 46.9 Å². The van der Waals surface area contributed by atoms with E-state index in [1.807, 2.05) is 12.1 Å². The van der Waals surface area contributed by atoms with Crippen molar-refractivity contribution in [2.24, 2.45) is 0 Å². The lowest BCUT2D eigenvalue weighted by Gasteiger charge is -2.25. The van der Waals surface area contributed by atoms with Gasteiger partial charge in [0.2, 0.25) is 0 Å². The van der Waals surface area contributed by atoms with Crippen molar-refractivity contribution < 1.29 is 4.79 Å². The monoisotopic (exact) mass is 343 g/mol. The summed E-state index contributed by atoms with van der Waals surface area (Å²) in [5.74, 6) is 0.538. The number of hydrogen-bond donors (Lipinski definition) is 1. The van der Waals surface area contributed by atoms with Crippen LogP contribution in [0.4, 0.5) is 5.69 Å². The van der Waals surface area contributed by atoms with Crippen LogP contribution < -0.4 is 5.73 Å². The Morgan fingerprint density at radius 2 is 2.05 bits per heavy atom. The van der Waals surface area contributed by atoms with Gasteiger partial charge in [-0.25, -0.2) is 0 Å². The minimum atomic E-state index is 0.192. The fourth-order valence-electron chi connectivity index (χ4n) is 3.11. The SMILES string of the molecule is Nc1ccc(C(=O)CC2CCCc3ccccc32)cc1Br. The average molecular weight is 344 g/mol. The summed E-state index contributed by atoms with van der Waals surface area (Å²) in [5, 5.41) is 0. The van der Waals surface area contributed by atoms with Crippen LogP contribution in [0.1, 0.15) is 46.7 Å². The number of carbonyl (C=O) groups excluding carboxylic acids is 1. The molecule has 2 aromatic rings. The highest BCUT2D eigenvalue weighted by Crippen LogP contribution is 2.35. The number of rotatable bonds is 3. The lowest BCUT2D eigenvalue weighted by atomic mass is 9.79. The molecule has 3 heteroatoms. The molecule has 0 saturated heterocycles. The summed E-state index contributed by atoms with van der Waals surface area (Å²) >= 11 is 3.39. The second-order valence-electron chi connectivity index (χ2n) is 5.65. The molecule has 0 bridgehead atoms. The fourth-order valence-corrected chi connectivity index (χ4v) is 3.49. The van der Waals surface area contributed by atoms with Crippen molar-refractivity contribution in [2.45, 2.75) is 31.6 Å². The van der Waals surface area contributed by atoms with Crippen molar-refractivity contribution in [1.82, 2.24) is 0 Å². The van der Waals surface area contributed by atoms with Gasteiger partial charge in [0.25, 0.3) is 0 Å². The van der Waals surface area contributed by atoms with E-state index in [1.165, 1.54) is 17.5 Å². The van der Waals surface area contributed by atoms with Crippen LogP contribution in [0.2, 0.25) is 0 Å². The Bertz CT molecular complexity index is 681. The van der Waals surface area contributed by atoms with Crippen LogP contribution in [0, 0.1) is 0 Å². The van der Waals surface area contributed by atoms with Gasteiger partial charge >= 0.3 is 0 Å². The molecule has 0 aliphatic heterocycles. The molecular formula is C18H18BrNO. The molecule has 0 aromatic heterocycles. The summed E-state index contributed by atoms with van der Waals surface area (Å²) < 4.78 is 0.789. The van der Waals surface area contributed by atoms with E-state index in [1.54, 1.807) is 6.07 Å². The van der Waals surface area contributed by atoms with Gasteiger partial charge in [0.1, 0.15) is 0 Å². The zero-order valence-electron chi connectivity index (χ0n) is 11.8. The number of nitrogens with two attached hydrogens (primary N) is 1. The molecule has 2 N–H and O–H groups in total. The van der Waals surface area contributed by atoms with Crippen molar-refractivity contribution in [3.63, 3.8) is 0 Å². The topological polar surface area (TPSA) is 43.1 Å². The van der Waals surface area contributed by atoms with Gasteiger partial charge < -0.3 is 5.73 Å². The van der Waals surface area contributed by atoms with Gasteiger partial charge in [0.05, 0.1) is 0 Å². The van der Waals surface area contributed by atoms with Crippen molar-refractivity contribution in [1.29, 1.82) is 0 Å². The smallest absolute Gasteiger partial charge is 0.163 e. The summed E-state index contributed by atoms with van der Waals surface area (Å²) in [7, 11) is 0. The highest BCUT2D eigenvalue weighted by Gasteiger charge is 2.22. The minimum Gasteiger partial charge on any atom is -0.398 e. The lowest BCUT2D eigenvalue weighted by molar-refractivity contribution is 0.0971. The number of halogens is 1. The third-order valence-electron chi connectivity index (χ3n) is 4.25. The van der Waals surface area contributed by atoms with Gasteiger partial charge in [-0.1, -0.05) is 24.3 Å². The molecule has 0 saturated carbocycles. The number of ketones is 1. The minimum absolute atomic E-state index is 0.192. The van der Waals surface area contributed by atoms with Gasteiger partial charge in [-0.05, 0) is 70.4 Å². The number of fused-ring (bicyclic) bond motifs is 1. The molecule has 108 valence electrons. The number of Topliss-reactive ketones (excluding diaryl/α,β-unsaturated/α-hetero) is 1. The molecule has 0 spiro atoms. The maximum Gasteiger partial charge on any atom is 0.163 e. The zero-order valence-corrected chi connectivity index (χ0v) is 13.4. The zero-order chi connectivity index (χ0) is 14.8. The number of carbonyl (C=O) groups is 1. The van der Waals surface area contributed by atoms with Gasteiger partial charge in [0, 0.05) is 22.1 Å². The average Bonchev–Trinajstić information content (AvgIpc) is 2.50. The summed E-state index contributed by atoms with van der Waals surface area (Å²) in [5.41, 5.74) is 9.93. The van der Waals surface area contributed by atoms with Crippen LogP contribution in [0.25, 0.3) is 0 Å². The van der Waals surface area contributed by atoms with Crippen LogP contribution >= 0.6 is 15.9 Å². The number of aryl methyl sites for hydroxylation is 1. The third kappa shape index (κ3) is 3.03. The van der Waals surface area contributed by atoms with Gasteiger partial charge in [-0.15, -0.1) is 0 Å². The van der Waals surface area contributed by atoms with E-state index < -0.39 is 0 Å². The van der Waals surface area contributed by atoms with Crippen LogP contribution in [0.5, 0.6) is 0 Å². The Kier molecular flexibility index (Phi) is 4.11. The summed E-state index contributed by atoms with van der Waals surface area (Å²) in [4.78, 5) is 12.5. The first kappa shape index (κ1) is 14.3. The molecule has 2 aromatic carbocycles. The first-order chi connectivity index (χ1) is 10.1. The fraction of sp³-hybridized carbons (Fsp3) is 0.278. The van der Waals surface area contributed by atoms with Gasteiger partial charge in [0.15, 0.2) is 5.78 Å². The van der Waals surface area contributed by atoms with E-state index in [-0.39, 0.29) is 5.78 Å². The van der Waals surface area contributed by atoms with Crippen molar-refractivity contribution >= 4 is 27.4 Å². The van der Waals surface area contributed by atoms with E-state index >= 15 is 0 Å². The highest BCUT2D eigenvalue weighted by atomic mass is 79.9. The summed E-state index contributed by atoms with van der Waals surface area (Å²) in [6.07, 6.45) is 3.97. The van der Waals surface area contributed by atoms with Crippen LogP contribution in [-0.4, -0.2) is 5.78 Å². The lowest BCUT2D eigenvalue weighted by Crippen LogP contribution is -2.14. The Labute approximate surface area is 133 Å². The summed E-state index contributed by atoms with van der Waals surface area (Å²) in [6.45, 7) is 0. The molecule has 1 atom stereocenters. The molecule has 3 rings (SSSR count). The standard InChI is InChI=1S/C18H18BrNO/c19-16-10-14(8-9-17(16)20)18(21)11-13-6-3-5-12-4-1-2-7-15(12)13/h1-2,4,7-10,13H,3,5-6,11,20H2. The molecule has 1 unspecified atom stereocenters. The largest absolute Gasteiger partial charge is 0.398 e. The Balaban J connectivity index is 1.81. The molecule has 0 radical (unpaired) electrons. The number of hydrogen-bond acceptors (Lipinski definition) is 2. The number of nitrogen functional groups attached to an aromatic ring is 1. The molecule has 0 fully saturated rings. The molecule has 0 amide bonds. The third-order valence-corrected chi connectivity index (χ3v) is 4.93. The van der Waals surface area contributed by atoms with Gasteiger partial charge in [-0.2, -0.15) is 0 Å². The summed E-state index contributed by atoms with van der Waals surface area (Å²) in [6, 6.07) is 13.9. The maximum atomic E-state index is 12.5. The van der Waals surface area contributed by atoms with Crippen molar-refractivity contribution in [3.8, 4) is 0 Å². The molecule has 1 aliphatic rings. The second kappa shape index (κ2) is 6.02. The van der Waals surface area contributed by atoms with E-state index in [0.717, 1.165) is 22.9 Å². The Morgan fingerprint density at radius 3 is 2.86 bits per heavy atom. The predicted octanol–water partition coefficient (Wildman–Crippen LogP) is 4.72. The Hall–Kier alpha value is -1.61. The first-order valence-electron chi connectivity index (χ1n) is 7.31. The number of anilines is 1. The quantitative estimate of drug-likeness (QED) is 0.646. The molecule has 0 heterocycles. The van der Waals surface area contributed by atoms with E-state index in [4.69, 9.17) is 5.73 Å². The second-order valence-corrected chi connectivity index (χ2v) is 6.51. The molecule has 21 heavy (non-hydrogen) atoms. The highest BCUT2D eigenvalue weighted by molar-refractivity contribution is 9.10. The normalized spacial score (nSPS) is 17.3.